The molecule has 194 valence electrons. The number of para-hydroxylation sites is 3. The van der Waals surface area contributed by atoms with Crippen molar-refractivity contribution in [2.45, 2.75) is 26.2 Å². The van der Waals surface area contributed by atoms with Crippen molar-refractivity contribution in [1.82, 2.24) is 5.32 Å². The summed E-state index contributed by atoms with van der Waals surface area (Å²) in [7, 11) is 1.54. The summed E-state index contributed by atoms with van der Waals surface area (Å²) >= 11 is 2.73. The number of allylic oxidation sites excluding steroid dienone is 2. The zero-order valence-electron chi connectivity index (χ0n) is 21.3. The van der Waals surface area contributed by atoms with Crippen molar-refractivity contribution in [3.8, 4) is 11.8 Å². The topological polar surface area (TPSA) is 103 Å². The van der Waals surface area contributed by atoms with E-state index in [1.165, 1.54) is 23.1 Å². The number of anilines is 2. The van der Waals surface area contributed by atoms with E-state index in [-0.39, 0.29) is 17.6 Å². The highest BCUT2D eigenvalue weighted by Crippen LogP contribution is 2.42. The highest BCUT2D eigenvalue weighted by atomic mass is 32.2. The SMILES string of the molecule is CCc1ccccc1NC(=O)CSC1=C(C#N)C(c2cccs2)C(C(=O)Nc2ccccc2OC)=C(C)N1. The van der Waals surface area contributed by atoms with Crippen molar-refractivity contribution in [1.29, 1.82) is 5.26 Å². The van der Waals surface area contributed by atoms with E-state index >= 15 is 0 Å². The van der Waals surface area contributed by atoms with E-state index in [0.29, 0.717) is 33.3 Å². The molecule has 3 aromatic rings. The Hall–Kier alpha value is -4.00. The lowest BCUT2D eigenvalue weighted by Crippen LogP contribution is -2.31. The smallest absolute Gasteiger partial charge is 0.254 e. The van der Waals surface area contributed by atoms with E-state index in [1.807, 2.05) is 67.8 Å². The van der Waals surface area contributed by atoms with Crippen molar-refractivity contribution >= 4 is 46.3 Å². The standard InChI is InChI=1S/C29H28N4O3S2/c1-4-19-10-5-6-11-21(19)32-25(34)17-38-29-20(16-30)27(24-14-9-15-37-24)26(18(2)31-29)28(35)33-22-12-7-8-13-23(22)36-3/h5-15,27,31H,4,17H2,1-3H3,(H,32,34)(H,33,35). The number of thiophene rings is 1. The number of benzene rings is 2. The lowest BCUT2D eigenvalue weighted by atomic mass is 9.86. The average Bonchev–Trinajstić information content (AvgIpc) is 3.46. The lowest BCUT2D eigenvalue weighted by Gasteiger charge is -2.29. The molecule has 1 aromatic heterocycles. The molecule has 1 aliphatic rings. The fourth-order valence-corrected chi connectivity index (χ4v) is 6.01. The summed E-state index contributed by atoms with van der Waals surface area (Å²) in [4.78, 5) is 27.2. The van der Waals surface area contributed by atoms with Gasteiger partial charge in [-0.3, -0.25) is 9.59 Å². The molecule has 1 aliphatic heterocycles. The number of amides is 2. The number of carbonyl (C=O) groups is 2. The van der Waals surface area contributed by atoms with Crippen molar-refractivity contribution in [2.24, 2.45) is 0 Å². The van der Waals surface area contributed by atoms with Crippen molar-refractivity contribution in [2.75, 3.05) is 23.5 Å². The normalized spacial score (nSPS) is 14.9. The summed E-state index contributed by atoms with van der Waals surface area (Å²) in [5.74, 6) is -0.417. The van der Waals surface area contributed by atoms with E-state index in [2.05, 4.69) is 22.0 Å². The highest BCUT2D eigenvalue weighted by molar-refractivity contribution is 8.03. The number of ether oxygens (including phenoxy) is 1. The van der Waals surface area contributed by atoms with Crippen LogP contribution >= 0.6 is 23.1 Å². The first-order valence-corrected chi connectivity index (χ1v) is 13.9. The van der Waals surface area contributed by atoms with Gasteiger partial charge in [-0.25, -0.2) is 0 Å². The lowest BCUT2D eigenvalue weighted by molar-refractivity contribution is -0.114. The highest BCUT2D eigenvalue weighted by Gasteiger charge is 2.35. The third-order valence-corrected chi connectivity index (χ3v) is 8.05. The molecule has 9 heteroatoms. The zero-order valence-corrected chi connectivity index (χ0v) is 23.0. The number of hydrogen-bond acceptors (Lipinski definition) is 7. The van der Waals surface area contributed by atoms with Gasteiger partial charge in [-0.1, -0.05) is 55.1 Å². The Bertz CT molecular complexity index is 1440. The largest absolute Gasteiger partial charge is 0.495 e. The first-order chi connectivity index (χ1) is 18.5. The number of aryl methyl sites for hydroxylation is 1. The van der Waals surface area contributed by atoms with Crippen LogP contribution in [-0.4, -0.2) is 24.7 Å². The summed E-state index contributed by atoms with van der Waals surface area (Å²) in [6.07, 6.45) is 0.807. The molecule has 7 nitrogen and oxygen atoms in total. The first-order valence-electron chi connectivity index (χ1n) is 12.1. The van der Waals surface area contributed by atoms with Gasteiger partial charge < -0.3 is 20.7 Å². The molecule has 0 fully saturated rings. The predicted octanol–water partition coefficient (Wildman–Crippen LogP) is 6.03. The van der Waals surface area contributed by atoms with E-state index in [9.17, 15) is 14.9 Å². The Morgan fingerprint density at radius 2 is 1.82 bits per heavy atom. The number of rotatable bonds is 9. The number of methoxy groups -OCH3 is 1. The predicted molar refractivity (Wildman–Crippen MR) is 154 cm³/mol. The van der Waals surface area contributed by atoms with Gasteiger partial charge in [0, 0.05) is 21.8 Å². The number of nitrogens with one attached hydrogen (secondary N) is 3. The van der Waals surface area contributed by atoms with Gasteiger partial charge in [-0.15, -0.1) is 11.3 Å². The zero-order chi connectivity index (χ0) is 27.1. The van der Waals surface area contributed by atoms with Crippen LogP contribution in [0.5, 0.6) is 5.75 Å². The molecule has 3 N–H and O–H groups in total. The minimum absolute atomic E-state index is 0.110. The molecule has 0 saturated heterocycles. The van der Waals surface area contributed by atoms with Gasteiger partial charge in [0.1, 0.15) is 5.75 Å². The van der Waals surface area contributed by atoms with Crippen LogP contribution in [0.25, 0.3) is 0 Å². The minimum atomic E-state index is -0.567. The van der Waals surface area contributed by atoms with E-state index in [1.54, 1.807) is 19.2 Å². The van der Waals surface area contributed by atoms with Gasteiger partial charge in [-0.05, 0) is 48.6 Å². The van der Waals surface area contributed by atoms with Gasteiger partial charge in [0.2, 0.25) is 5.91 Å². The minimum Gasteiger partial charge on any atom is -0.495 e. The van der Waals surface area contributed by atoms with Crippen LogP contribution in [0.3, 0.4) is 0 Å². The van der Waals surface area contributed by atoms with Gasteiger partial charge in [0.15, 0.2) is 0 Å². The van der Waals surface area contributed by atoms with Crippen LogP contribution in [0.1, 0.15) is 30.2 Å². The Labute approximate surface area is 230 Å². The molecular formula is C29H28N4O3S2. The van der Waals surface area contributed by atoms with Gasteiger partial charge in [0.25, 0.3) is 5.91 Å². The second-order valence-corrected chi connectivity index (χ2v) is 10.4. The van der Waals surface area contributed by atoms with E-state index in [4.69, 9.17) is 4.74 Å². The molecule has 1 atom stereocenters. The maximum absolute atomic E-state index is 13.6. The Morgan fingerprint density at radius 3 is 2.50 bits per heavy atom. The number of nitriles is 1. The summed E-state index contributed by atoms with van der Waals surface area (Å²) in [6.45, 7) is 3.85. The molecule has 2 amide bonds. The first kappa shape index (κ1) is 27.0. The van der Waals surface area contributed by atoms with Crippen LogP contribution < -0.4 is 20.7 Å². The van der Waals surface area contributed by atoms with Crippen molar-refractivity contribution < 1.29 is 14.3 Å². The fraction of sp³-hybridized carbons (Fsp3) is 0.207. The van der Waals surface area contributed by atoms with Crippen LogP contribution in [-0.2, 0) is 16.0 Å². The maximum Gasteiger partial charge on any atom is 0.254 e. The summed E-state index contributed by atoms with van der Waals surface area (Å²) in [5, 5.41) is 21.9. The summed E-state index contributed by atoms with van der Waals surface area (Å²) < 4.78 is 5.38. The number of thioether (sulfide) groups is 1. The molecule has 4 rings (SSSR count). The Morgan fingerprint density at radius 1 is 1.08 bits per heavy atom. The van der Waals surface area contributed by atoms with Crippen LogP contribution in [0.2, 0.25) is 0 Å². The van der Waals surface area contributed by atoms with Gasteiger partial charge >= 0.3 is 0 Å². The molecule has 2 aromatic carbocycles. The molecule has 1 unspecified atom stereocenters. The molecule has 0 aliphatic carbocycles. The van der Waals surface area contributed by atoms with E-state index < -0.39 is 5.92 Å². The number of carbonyl (C=O) groups excluding carboxylic acids is 2. The second kappa shape index (κ2) is 12.5. The number of nitrogens with zero attached hydrogens (tertiary/aromatic N) is 1. The van der Waals surface area contributed by atoms with Crippen molar-refractivity contribution in [3.63, 3.8) is 0 Å². The molecule has 2 heterocycles. The molecule has 38 heavy (non-hydrogen) atoms. The van der Waals surface area contributed by atoms with Crippen LogP contribution in [0, 0.1) is 11.3 Å². The molecule has 0 saturated carbocycles. The quantitative estimate of drug-likeness (QED) is 0.304. The number of dihydropyridines is 1. The average molecular weight is 545 g/mol. The van der Waals surface area contributed by atoms with Crippen LogP contribution in [0.15, 0.2) is 87.9 Å². The monoisotopic (exact) mass is 544 g/mol. The summed E-state index contributed by atoms with van der Waals surface area (Å²) in [5.41, 5.74) is 3.84. The van der Waals surface area contributed by atoms with Gasteiger partial charge in [0.05, 0.1) is 41.1 Å². The van der Waals surface area contributed by atoms with Crippen molar-refractivity contribution in [3.05, 3.63) is 98.4 Å². The molecule has 0 radical (unpaired) electrons. The third-order valence-electron chi connectivity index (χ3n) is 6.09. The Balaban J connectivity index is 1.59. The van der Waals surface area contributed by atoms with Crippen LogP contribution in [0.4, 0.5) is 11.4 Å². The summed E-state index contributed by atoms with van der Waals surface area (Å²) in [6, 6.07) is 21.0. The molecule has 0 bridgehead atoms. The van der Waals surface area contributed by atoms with Gasteiger partial charge in [-0.2, -0.15) is 5.26 Å². The molecule has 0 spiro atoms. The number of hydrogen-bond donors (Lipinski definition) is 3. The molecular weight excluding hydrogens is 516 g/mol. The Kier molecular flexibility index (Phi) is 8.89. The maximum atomic E-state index is 13.6. The van der Waals surface area contributed by atoms with E-state index in [0.717, 1.165) is 22.5 Å². The third kappa shape index (κ3) is 5.93. The second-order valence-electron chi connectivity index (χ2n) is 8.47. The fourth-order valence-electron chi connectivity index (χ4n) is 4.28.